The minimum atomic E-state index is -0.376. The van der Waals surface area contributed by atoms with Gasteiger partial charge in [-0.15, -0.1) is 0 Å². The molecular weight excluding hydrogens is 340 g/mol. The van der Waals surface area contributed by atoms with Crippen molar-refractivity contribution in [2.24, 2.45) is 5.92 Å². The molecule has 0 bridgehead atoms. The highest BCUT2D eigenvalue weighted by Gasteiger charge is 2.44. The fourth-order valence-electron chi connectivity index (χ4n) is 4.46. The summed E-state index contributed by atoms with van der Waals surface area (Å²) in [6.45, 7) is 5.18. The smallest absolute Gasteiger partial charge is 0.269 e. The number of hydrogen-bond acceptors (Lipinski definition) is 3. The third kappa shape index (κ3) is 2.42. The zero-order valence-electron chi connectivity index (χ0n) is 15.3. The molecule has 5 heteroatoms. The second-order valence-corrected chi connectivity index (χ2v) is 7.86. The number of benzene rings is 2. The van der Waals surface area contributed by atoms with Gasteiger partial charge in [0.05, 0.1) is 10.5 Å². The van der Waals surface area contributed by atoms with Crippen LogP contribution in [0.25, 0.3) is 16.5 Å². The molecule has 3 heterocycles. The van der Waals surface area contributed by atoms with E-state index in [1.807, 2.05) is 0 Å². The molecule has 5 rings (SSSR count). The van der Waals surface area contributed by atoms with Crippen molar-refractivity contribution in [1.29, 1.82) is 0 Å². The normalized spacial score (nSPS) is 23.0. The molecule has 2 aliphatic heterocycles. The summed E-state index contributed by atoms with van der Waals surface area (Å²) in [5.41, 5.74) is 4.53. The van der Waals surface area contributed by atoms with Crippen LogP contribution in [0.2, 0.25) is 0 Å². The lowest BCUT2D eigenvalue weighted by atomic mass is 9.81. The maximum Gasteiger partial charge on any atom is 0.269 e. The maximum atomic E-state index is 10.9. The number of nitro benzene ring substituents is 1. The van der Waals surface area contributed by atoms with Crippen molar-refractivity contribution in [1.82, 2.24) is 4.57 Å². The number of fused-ring (bicyclic) bond motifs is 5. The first-order chi connectivity index (χ1) is 12.9. The van der Waals surface area contributed by atoms with Gasteiger partial charge in [-0.3, -0.25) is 10.1 Å². The van der Waals surface area contributed by atoms with Crippen LogP contribution >= 0.6 is 0 Å². The molecule has 2 aromatic carbocycles. The van der Waals surface area contributed by atoms with Crippen molar-refractivity contribution in [3.05, 3.63) is 82.0 Å². The fourth-order valence-corrected chi connectivity index (χ4v) is 4.46. The molecule has 0 saturated carbocycles. The summed E-state index contributed by atoms with van der Waals surface area (Å²) in [6.07, 6.45) is 1.98. The van der Waals surface area contributed by atoms with Crippen molar-refractivity contribution in [2.75, 3.05) is 0 Å². The SMILES string of the molecule is CC1(C)O[C@H](c2ccc([N+](=O)[O-])cc2)C=C2c3cc4ccccc4n3C[C@H]21. The van der Waals surface area contributed by atoms with E-state index >= 15 is 0 Å². The Bertz CT molecular complexity index is 1090. The molecule has 27 heavy (non-hydrogen) atoms. The minimum Gasteiger partial charge on any atom is -0.363 e. The highest BCUT2D eigenvalue weighted by molar-refractivity contribution is 5.88. The van der Waals surface area contributed by atoms with E-state index in [4.69, 9.17) is 4.74 Å². The Labute approximate surface area is 157 Å². The number of rotatable bonds is 2. The molecule has 0 saturated heterocycles. The largest absolute Gasteiger partial charge is 0.363 e. The van der Waals surface area contributed by atoms with Crippen molar-refractivity contribution in [3.63, 3.8) is 0 Å². The summed E-state index contributed by atoms with van der Waals surface area (Å²) in [6, 6.07) is 17.4. The van der Waals surface area contributed by atoms with Crippen molar-refractivity contribution >= 4 is 22.2 Å². The van der Waals surface area contributed by atoms with Crippen molar-refractivity contribution in [2.45, 2.75) is 32.1 Å². The van der Waals surface area contributed by atoms with Crippen LogP contribution in [0.5, 0.6) is 0 Å². The quantitative estimate of drug-likeness (QED) is 0.471. The first-order valence-corrected chi connectivity index (χ1v) is 9.16. The average molecular weight is 360 g/mol. The van der Waals surface area contributed by atoms with Gasteiger partial charge in [0.2, 0.25) is 0 Å². The number of hydrogen-bond donors (Lipinski definition) is 0. The van der Waals surface area contributed by atoms with Gasteiger partial charge in [-0.25, -0.2) is 0 Å². The number of nitrogens with zero attached hydrogens (tertiary/aromatic N) is 2. The van der Waals surface area contributed by atoms with Gasteiger partial charge in [0, 0.05) is 41.2 Å². The van der Waals surface area contributed by atoms with E-state index in [1.54, 1.807) is 24.3 Å². The third-order valence-corrected chi connectivity index (χ3v) is 5.88. The lowest BCUT2D eigenvalue weighted by Gasteiger charge is -2.39. The lowest BCUT2D eigenvalue weighted by molar-refractivity contribution is -0.384. The Kier molecular flexibility index (Phi) is 3.34. The number of non-ortho nitro benzene ring substituents is 1. The van der Waals surface area contributed by atoms with E-state index in [0.29, 0.717) is 5.92 Å². The maximum absolute atomic E-state index is 10.9. The Morgan fingerprint density at radius 3 is 2.63 bits per heavy atom. The molecule has 1 aromatic heterocycles. The molecule has 136 valence electrons. The van der Waals surface area contributed by atoms with Gasteiger partial charge in [0.25, 0.3) is 5.69 Å². The van der Waals surface area contributed by atoms with Gasteiger partial charge in [-0.05, 0) is 55.3 Å². The van der Waals surface area contributed by atoms with Gasteiger partial charge in [-0.1, -0.05) is 18.2 Å². The Balaban J connectivity index is 1.61. The number of aromatic nitrogens is 1. The highest BCUT2D eigenvalue weighted by Crippen LogP contribution is 2.49. The second kappa shape index (κ2) is 5.54. The Hall–Kier alpha value is -2.92. The first kappa shape index (κ1) is 16.3. The van der Waals surface area contributed by atoms with E-state index in [1.165, 1.54) is 22.2 Å². The molecule has 0 fully saturated rings. The number of para-hydroxylation sites is 1. The highest BCUT2D eigenvalue weighted by atomic mass is 16.6. The van der Waals surface area contributed by atoms with Crippen LogP contribution in [0.1, 0.15) is 31.2 Å². The molecule has 0 radical (unpaired) electrons. The zero-order chi connectivity index (χ0) is 18.8. The molecule has 2 atom stereocenters. The summed E-state index contributed by atoms with van der Waals surface area (Å²) < 4.78 is 8.81. The van der Waals surface area contributed by atoms with E-state index in [-0.39, 0.29) is 22.3 Å². The number of ether oxygens (including phenoxy) is 1. The van der Waals surface area contributed by atoms with Gasteiger partial charge in [0.1, 0.15) is 6.10 Å². The average Bonchev–Trinajstić information content (AvgIpc) is 3.19. The first-order valence-electron chi connectivity index (χ1n) is 9.16. The molecule has 0 spiro atoms. The molecule has 0 amide bonds. The number of nitro groups is 1. The predicted octanol–water partition coefficient (Wildman–Crippen LogP) is 5.11. The summed E-state index contributed by atoms with van der Waals surface area (Å²) in [5.74, 6) is 0.298. The van der Waals surface area contributed by atoms with Crippen molar-refractivity contribution in [3.8, 4) is 0 Å². The van der Waals surface area contributed by atoms with E-state index in [0.717, 1.165) is 12.1 Å². The summed E-state index contributed by atoms with van der Waals surface area (Å²) >= 11 is 0. The summed E-state index contributed by atoms with van der Waals surface area (Å²) in [5, 5.41) is 12.2. The summed E-state index contributed by atoms with van der Waals surface area (Å²) in [7, 11) is 0. The van der Waals surface area contributed by atoms with Crippen LogP contribution in [0.3, 0.4) is 0 Å². The van der Waals surface area contributed by atoms with Crippen molar-refractivity contribution < 1.29 is 9.66 Å². The van der Waals surface area contributed by atoms with E-state index in [2.05, 4.69) is 54.8 Å². The van der Waals surface area contributed by atoms with Crippen LogP contribution in [0, 0.1) is 16.0 Å². The van der Waals surface area contributed by atoms with Crippen LogP contribution in [-0.4, -0.2) is 15.1 Å². The second-order valence-electron chi connectivity index (χ2n) is 7.86. The van der Waals surface area contributed by atoms with Crippen LogP contribution < -0.4 is 0 Å². The van der Waals surface area contributed by atoms with E-state index < -0.39 is 0 Å². The fraction of sp³-hybridized carbons (Fsp3) is 0.273. The third-order valence-electron chi connectivity index (χ3n) is 5.88. The molecule has 0 unspecified atom stereocenters. The molecule has 0 aliphatic carbocycles. The topological polar surface area (TPSA) is 57.3 Å². The Morgan fingerprint density at radius 1 is 1.15 bits per heavy atom. The molecule has 5 nitrogen and oxygen atoms in total. The van der Waals surface area contributed by atoms with Crippen LogP contribution in [-0.2, 0) is 11.3 Å². The molecular formula is C22H20N2O3. The lowest BCUT2D eigenvalue weighted by Crippen LogP contribution is -2.39. The minimum absolute atomic E-state index is 0.0975. The molecule has 3 aromatic rings. The Morgan fingerprint density at radius 2 is 1.89 bits per heavy atom. The van der Waals surface area contributed by atoms with Crippen LogP contribution in [0.4, 0.5) is 5.69 Å². The molecule has 2 aliphatic rings. The summed E-state index contributed by atoms with van der Waals surface area (Å²) in [4.78, 5) is 10.5. The standard InChI is InChI=1S/C22H20N2O3/c1-22(2)18-13-23-19-6-4-3-5-15(19)11-20(23)17(18)12-21(27-22)14-7-9-16(10-8-14)24(25)26/h3-12,18,21H,13H2,1-2H3/t18-,21+/m1/s1. The monoisotopic (exact) mass is 360 g/mol. The van der Waals surface area contributed by atoms with Gasteiger partial charge >= 0.3 is 0 Å². The zero-order valence-corrected chi connectivity index (χ0v) is 15.3. The van der Waals surface area contributed by atoms with Gasteiger partial charge in [-0.2, -0.15) is 0 Å². The molecule has 0 N–H and O–H groups in total. The van der Waals surface area contributed by atoms with E-state index in [9.17, 15) is 10.1 Å². The predicted molar refractivity (Wildman–Crippen MR) is 104 cm³/mol. The van der Waals surface area contributed by atoms with Gasteiger partial charge in [0.15, 0.2) is 0 Å². The van der Waals surface area contributed by atoms with Crippen LogP contribution in [0.15, 0.2) is 60.7 Å². The van der Waals surface area contributed by atoms with Gasteiger partial charge < -0.3 is 9.30 Å².